The highest BCUT2D eigenvalue weighted by Crippen LogP contribution is 2.20. The van der Waals surface area contributed by atoms with Gasteiger partial charge in [0.25, 0.3) is 5.91 Å². The van der Waals surface area contributed by atoms with E-state index >= 15 is 0 Å². The largest absolute Gasteiger partial charge is 0.379 e. The van der Waals surface area contributed by atoms with Crippen LogP contribution in [0.25, 0.3) is 0 Å². The Hall–Kier alpha value is -2.15. The van der Waals surface area contributed by atoms with E-state index < -0.39 is 0 Å². The molecule has 0 aliphatic carbocycles. The first-order chi connectivity index (χ1) is 13.2. The Morgan fingerprint density at radius 2 is 1.74 bits per heavy atom. The standard InChI is InChI=1S/C21H24N2O3S/c24-20(17-5-2-1-3-6-17)16-27-19-8-4-7-18(15-19)21(25)22-9-10-23-11-13-26-14-12-23/h1-8,15H,9-14,16H2,(H,22,25). The molecule has 0 aromatic heterocycles. The highest BCUT2D eigenvalue weighted by molar-refractivity contribution is 8.00. The summed E-state index contributed by atoms with van der Waals surface area (Å²) in [5.74, 6) is 0.354. The van der Waals surface area contributed by atoms with Crippen molar-refractivity contribution in [1.29, 1.82) is 0 Å². The molecule has 0 atom stereocenters. The normalized spacial score (nSPS) is 14.7. The monoisotopic (exact) mass is 384 g/mol. The molecule has 0 spiro atoms. The van der Waals surface area contributed by atoms with Crippen LogP contribution in [-0.4, -0.2) is 61.7 Å². The van der Waals surface area contributed by atoms with Crippen LogP contribution in [0.15, 0.2) is 59.5 Å². The van der Waals surface area contributed by atoms with E-state index in [4.69, 9.17) is 4.74 Å². The van der Waals surface area contributed by atoms with Crippen LogP contribution >= 0.6 is 11.8 Å². The predicted molar refractivity (Wildman–Crippen MR) is 108 cm³/mol. The first-order valence-corrected chi connectivity index (χ1v) is 10.1. The van der Waals surface area contributed by atoms with Gasteiger partial charge in [-0.3, -0.25) is 14.5 Å². The Kier molecular flexibility index (Phi) is 7.45. The summed E-state index contributed by atoms with van der Waals surface area (Å²) >= 11 is 1.45. The number of Topliss-reactive ketones (excluding diaryl/α,β-unsaturated/α-hetero) is 1. The van der Waals surface area contributed by atoms with Gasteiger partial charge in [0, 0.05) is 42.2 Å². The topological polar surface area (TPSA) is 58.6 Å². The summed E-state index contributed by atoms with van der Waals surface area (Å²) in [4.78, 5) is 27.8. The van der Waals surface area contributed by atoms with Crippen molar-refractivity contribution in [2.45, 2.75) is 4.90 Å². The quantitative estimate of drug-likeness (QED) is 0.560. The molecule has 142 valence electrons. The van der Waals surface area contributed by atoms with Crippen LogP contribution in [0.3, 0.4) is 0 Å². The zero-order valence-electron chi connectivity index (χ0n) is 15.2. The van der Waals surface area contributed by atoms with E-state index in [1.165, 1.54) is 11.8 Å². The minimum atomic E-state index is -0.0832. The Bertz CT molecular complexity index is 761. The second-order valence-electron chi connectivity index (χ2n) is 6.32. The molecule has 1 fully saturated rings. The van der Waals surface area contributed by atoms with Gasteiger partial charge in [-0.1, -0.05) is 36.4 Å². The van der Waals surface area contributed by atoms with Crippen molar-refractivity contribution in [3.05, 3.63) is 65.7 Å². The second-order valence-corrected chi connectivity index (χ2v) is 7.36. The van der Waals surface area contributed by atoms with Gasteiger partial charge in [0.05, 0.1) is 19.0 Å². The minimum Gasteiger partial charge on any atom is -0.379 e. The Morgan fingerprint density at radius 3 is 2.52 bits per heavy atom. The molecule has 2 aromatic rings. The lowest BCUT2D eigenvalue weighted by Crippen LogP contribution is -2.41. The summed E-state index contributed by atoms with van der Waals surface area (Å²) in [7, 11) is 0. The van der Waals surface area contributed by atoms with Crippen LogP contribution in [-0.2, 0) is 4.74 Å². The van der Waals surface area contributed by atoms with Crippen molar-refractivity contribution < 1.29 is 14.3 Å². The molecule has 6 heteroatoms. The van der Waals surface area contributed by atoms with E-state index in [1.54, 1.807) is 6.07 Å². The van der Waals surface area contributed by atoms with Gasteiger partial charge in [0.1, 0.15) is 0 Å². The molecule has 1 heterocycles. The van der Waals surface area contributed by atoms with Crippen LogP contribution in [0.4, 0.5) is 0 Å². The van der Waals surface area contributed by atoms with Gasteiger partial charge in [-0.05, 0) is 18.2 Å². The van der Waals surface area contributed by atoms with Crippen LogP contribution in [0, 0.1) is 0 Å². The molecule has 5 nitrogen and oxygen atoms in total. The van der Waals surface area contributed by atoms with Crippen molar-refractivity contribution in [1.82, 2.24) is 10.2 Å². The van der Waals surface area contributed by atoms with E-state index in [9.17, 15) is 9.59 Å². The zero-order chi connectivity index (χ0) is 18.9. The van der Waals surface area contributed by atoms with Gasteiger partial charge < -0.3 is 10.1 Å². The molecule has 1 amide bonds. The number of rotatable bonds is 8. The molecule has 1 aliphatic rings. The lowest BCUT2D eigenvalue weighted by Gasteiger charge is -2.26. The number of hydrogen-bond acceptors (Lipinski definition) is 5. The number of ether oxygens (including phenoxy) is 1. The summed E-state index contributed by atoms with van der Waals surface area (Å²) in [6.45, 7) is 4.79. The third kappa shape index (κ3) is 6.20. The zero-order valence-corrected chi connectivity index (χ0v) is 16.0. The van der Waals surface area contributed by atoms with E-state index in [-0.39, 0.29) is 11.7 Å². The molecule has 2 aromatic carbocycles. The van der Waals surface area contributed by atoms with Gasteiger partial charge in [0.15, 0.2) is 5.78 Å². The number of amides is 1. The van der Waals surface area contributed by atoms with Crippen molar-refractivity contribution in [2.24, 2.45) is 0 Å². The van der Waals surface area contributed by atoms with Crippen molar-refractivity contribution in [3.63, 3.8) is 0 Å². The average molecular weight is 385 g/mol. The fourth-order valence-corrected chi connectivity index (χ4v) is 3.69. The molecule has 0 bridgehead atoms. The maximum atomic E-state index is 12.4. The van der Waals surface area contributed by atoms with Crippen LogP contribution < -0.4 is 5.32 Å². The first kappa shape index (κ1) is 19.6. The Labute approximate surface area is 164 Å². The number of morpholine rings is 1. The van der Waals surface area contributed by atoms with Gasteiger partial charge in [-0.25, -0.2) is 0 Å². The molecule has 1 N–H and O–H groups in total. The van der Waals surface area contributed by atoms with Gasteiger partial charge >= 0.3 is 0 Å². The third-order valence-corrected chi connectivity index (χ3v) is 5.37. The van der Waals surface area contributed by atoms with Gasteiger partial charge in [0.2, 0.25) is 0 Å². The van der Waals surface area contributed by atoms with Crippen molar-refractivity contribution >= 4 is 23.5 Å². The number of thioether (sulfide) groups is 1. The number of nitrogens with one attached hydrogen (secondary N) is 1. The van der Waals surface area contributed by atoms with Crippen LogP contribution in [0.1, 0.15) is 20.7 Å². The number of carbonyl (C=O) groups is 2. The minimum absolute atomic E-state index is 0.0832. The summed E-state index contributed by atoms with van der Waals surface area (Å²) < 4.78 is 5.32. The lowest BCUT2D eigenvalue weighted by molar-refractivity contribution is 0.0383. The smallest absolute Gasteiger partial charge is 0.251 e. The molecule has 1 aliphatic heterocycles. The van der Waals surface area contributed by atoms with Gasteiger partial charge in [-0.15, -0.1) is 11.8 Å². The maximum Gasteiger partial charge on any atom is 0.251 e. The molecule has 27 heavy (non-hydrogen) atoms. The number of carbonyl (C=O) groups excluding carboxylic acids is 2. The van der Waals surface area contributed by atoms with E-state index in [2.05, 4.69) is 10.2 Å². The molecule has 0 radical (unpaired) electrons. The molecular weight excluding hydrogens is 360 g/mol. The summed E-state index contributed by atoms with van der Waals surface area (Å²) in [6.07, 6.45) is 0. The summed E-state index contributed by atoms with van der Waals surface area (Å²) in [5.41, 5.74) is 1.33. The molecule has 0 saturated carbocycles. The van der Waals surface area contributed by atoms with Crippen LogP contribution in [0.5, 0.6) is 0 Å². The van der Waals surface area contributed by atoms with Crippen LogP contribution in [0.2, 0.25) is 0 Å². The summed E-state index contributed by atoms with van der Waals surface area (Å²) in [6, 6.07) is 16.7. The van der Waals surface area contributed by atoms with Crippen molar-refractivity contribution in [2.75, 3.05) is 45.1 Å². The number of hydrogen-bond donors (Lipinski definition) is 1. The first-order valence-electron chi connectivity index (χ1n) is 9.12. The highest BCUT2D eigenvalue weighted by atomic mass is 32.2. The molecule has 3 rings (SSSR count). The predicted octanol–water partition coefficient (Wildman–Crippen LogP) is 2.72. The molecule has 0 unspecified atom stereocenters. The fourth-order valence-electron chi connectivity index (χ4n) is 2.84. The molecule has 1 saturated heterocycles. The Balaban J connectivity index is 1.47. The molecular formula is C21H24N2O3S. The SMILES string of the molecule is O=C(CSc1cccc(C(=O)NCCN2CCOCC2)c1)c1ccccc1. The fraction of sp³-hybridized carbons (Fsp3) is 0.333. The number of ketones is 1. The second kappa shape index (κ2) is 10.3. The van der Waals surface area contributed by atoms with Crippen molar-refractivity contribution in [3.8, 4) is 0 Å². The number of nitrogens with zero attached hydrogens (tertiary/aromatic N) is 1. The van der Waals surface area contributed by atoms with E-state index in [0.717, 1.165) is 37.7 Å². The maximum absolute atomic E-state index is 12.4. The average Bonchev–Trinajstić information content (AvgIpc) is 2.73. The Morgan fingerprint density at radius 1 is 1.00 bits per heavy atom. The number of benzene rings is 2. The van der Waals surface area contributed by atoms with E-state index in [1.807, 2.05) is 48.5 Å². The summed E-state index contributed by atoms with van der Waals surface area (Å²) in [5, 5.41) is 2.97. The van der Waals surface area contributed by atoms with Gasteiger partial charge in [-0.2, -0.15) is 0 Å². The van der Waals surface area contributed by atoms with E-state index in [0.29, 0.717) is 23.4 Å². The third-order valence-electron chi connectivity index (χ3n) is 4.38. The highest BCUT2D eigenvalue weighted by Gasteiger charge is 2.12. The lowest BCUT2D eigenvalue weighted by atomic mass is 10.2.